The van der Waals surface area contributed by atoms with Crippen LogP contribution in [-0.4, -0.2) is 73.0 Å². The first kappa shape index (κ1) is 19.5. The summed E-state index contributed by atoms with van der Waals surface area (Å²) in [5, 5.41) is 0. The van der Waals surface area contributed by atoms with Crippen LogP contribution in [0, 0.1) is 5.92 Å². The third-order valence-electron chi connectivity index (χ3n) is 5.70. The molecule has 1 aromatic heterocycles. The summed E-state index contributed by atoms with van der Waals surface area (Å²) in [7, 11) is 7.80. The quantitative estimate of drug-likeness (QED) is 0.570. The van der Waals surface area contributed by atoms with Gasteiger partial charge in [-0.2, -0.15) is 0 Å². The van der Waals surface area contributed by atoms with E-state index in [0.29, 0.717) is 42.7 Å². The number of carbonyl (C=O) groups is 1. The Labute approximate surface area is 167 Å². The molecule has 150 valence electrons. The number of nitrogens with zero attached hydrogens (tertiary/aromatic N) is 4. The third kappa shape index (κ3) is 3.46. The molecule has 4 rings (SSSR count). The summed E-state index contributed by atoms with van der Waals surface area (Å²) in [6.07, 6.45) is 1.92. The molecule has 1 spiro atoms. The van der Waals surface area contributed by atoms with Crippen molar-refractivity contribution in [1.82, 2.24) is 14.9 Å². The van der Waals surface area contributed by atoms with Crippen LogP contribution >= 0.6 is 0 Å². The second-order valence-electron chi connectivity index (χ2n) is 8.93. The average Bonchev–Trinajstić information content (AvgIpc) is 3.50. The van der Waals surface area contributed by atoms with Gasteiger partial charge in [0, 0.05) is 32.3 Å². The molecule has 1 amide bonds. The van der Waals surface area contributed by atoms with Crippen molar-refractivity contribution in [2.24, 2.45) is 5.92 Å². The number of aromatic nitrogens is 2. The van der Waals surface area contributed by atoms with Crippen LogP contribution in [0.4, 0.5) is 10.6 Å². The number of hydrogen-bond donors (Lipinski definition) is 0. The molecule has 0 aromatic carbocycles. The molecular weight excluding hydrogens is 359 g/mol. The molecule has 0 N–H and O–H groups in total. The van der Waals surface area contributed by atoms with Gasteiger partial charge in [-0.1, -0.05) is 6.92 Å². The van der Waals surface area contributed by atoms with E-state index in [1.165, 1.54) is 0 Å². The summed E-state index contributed by atoms with van der Waals surface area (Å²) in [5.41, 5.74) is 0.310. The van der Waals surface area contributed by atoms with Crippen molar-refractivity contribution in [3.8, 4) is 0 Å². The highest BCUT2D eigenvalue weighted by Crippen LogP contribution is 2.51. The minimum Gasteiger partial charge on any atom is -0.444 e. The second kappa shape index (κ2) is 6.59. The summed E-state index contributed by atoms with van der Waals surface area (Å²) in [6.45, 7) is 9.70. The van der Waals surface area contributed by atoms with E-state index in [4.69, 9.17) is 22.1 Å². The summed E-state index contributed by atoms with van der Waals surface area (Å²) < 4.78 is 16.1. The molecule has 2 aliphatic heterocycles. The molecule has 1 aliphatic carbocycles. The summed E-state index contributed by atoms with van der Waals surface area (Å²) in [4.78, 5) is 25.7. The Balaban J connectivity index is 1.49. The van der Waals surface area contributed by atoms with Crippen molar-refractivity contribution in [1.29, 1.82) is 0 Å². The topological polar surface area (TPSA) is 80.3 Å². The lowest BCUT2D eigenvalue weighted by atomic mass is 10.0. The van der Waals surface area contributed by atoms with Crippen LogP contribution in [0.25, 0.3) is 0 Å². The average molecular weight is 386 g/mol. The van der Waals surface area contributed by atoms with Gasteiger partial charge in [-0.25, -0.2) is 9.78 Å². The molecule has 1 aromatic rings. The fourth-order valence-electron chi connectivity index (χ4n) is 4.06. The lowest BCUT2D eigenvalue weighted by Crippen LogP contribution is -2.59. The minimum atomic E-state index is -0.510. The Hall–Kier alpha value is -1.87. The number of piperazine rings is 1. The molecule has 28 heavy (non-hydrogen) atoms. The predicted octanol–water partition coefficient (Wildman–Crippen LogP) is 1.15. The van der Waals surface area contributed by atoms with Gasteiger partial charge in [0.15, 0.2) is 12.4 Å². The molecule has 2 saturated heterocycles. The van der Waals surface area contributed by atoms with Gasteiger partial charge in [-0.15, -0.1) is 0 Å². The van der Waals surface area contributed by atoms with Gasteiger partial charge in [0.05, 0.1) is 17.4 Å². The lowest BCUT2D eigenvalue weighted by Gasteiger charge is -2.43. The van der Waals surface area contributed by atoms with Gasteiger partial charge < -0.3 is 19.1 Å². The second-order valence-corrected chi connectivity index (χ2v) is 8.93. The third-order valence-corrected chi connectivity index (χ3v) is 5.70. The van der Waals surface area contributed by atoms with Crippen molar-refractivity contribution in [3.63, 3.8) is 0 Å². The van der Waals surface area contributed by atoms with Crippen LogP contribution < -0.4 is 10.5 Å². The fourth-order valence-corrected chi connectivity index (χ4v) is 4.06. The number of rotatable bonds is 3. The van der Waals surface area contributed by atoms with Crippen LogP contribution in [0.15, 0.2) is 6.20 Å². The largest absolute Gasteiger partial charge is 0.444 e. The van der Waals surface area contributed by atoms with Gasteiger partial charge in [0.1, 0.15) is 19.3 Å². The highest BCUT2D eigenvalue weighted by molar-refractivity contribution is 6.33. The van der Waals surface area contributed by atoms with E-state index in [1.54, 1.807) is 13.3 Å². The molecule has 0 bridgehead atoms. The minimum absolute atomic E-state index is 0.201. The Kier molecular flexibility index (Phi) is 4.58. The first-order valence-electron chi connectivity index (χ1n) is 9.71. The number of hydrogen-bond acceptors (Lipinski definition) is 7. The number of carbonyl (C=O) groups excluding carboxylic acids is 1. The molecule has 1 saturated carbocycles. The maximum absolute atomic E-state index is 12.7. The summed E-state index contributed by atoms with van der Waals surface area (Å²) >= 11 is 0. The highest BCUT2D eigenvalue weighted by Gasteiger charge is 2.60. The Bertz CT molecular complexity index is 786. The summed E-state index contributed by atoms with van der Waals surface area (Å²) in [5.74, 6) is 1.05. The standard InChI is InChI=1S/C19H27BN4O4/c1-11-8-19(11)10-23(6-7-24(19)17(25)28-18(2,3)4)15-14(20)22-12(9-21-15)13-16(26-5)27-13/h9,11,13,16H,6-8,10H2,1-5H3/t11?,13?,16?,19-/m0/s1. The van der Waals surface area contributed by atoms with Gasteiger partial charge in [-0.3, -0.25) is 9.88 Å². The maximum Gasteiger partial charge on any atom is 0.410 e. The number of ether oxygens (including phenoxy) is 3. The molecule has 4 atom stereocenters. The zero-order valence-corrected chi connectivity index (χ0v) is 17.1. The van der Waals surface area contributed by atoms with Crippen molar-refractivity contribution in [3.05, 3.63) is 11.9 Å². The number of anilines is 1. The summed E-state index contributed by atoms with van der Waals surface area (Å²) in [6, 6.07) is 0. The van der Waals surface area contributed by atoms with Crippen molar-refractivity contribution < 1.29 is 19.0 Å². The molecule has 9 heteroatoms. The Morgan fingerprint density at radius 3 is 2.64 bits per heavy atom. The number of amides is 1. The first-order chi connectivity index (χ1) is 13.1. The maximum atomic E-state index is 12.7. The van der Waals surface area contributed by atoms with E-state index < -0.39 is 5.60 Å². The molecule has 3 aliphatic rings. The van der Waals surface area contributed by atoms with Crippen LogP contribution in [-0.2, 0) is 14.2 Å². The van der Waals surface area contributed by atoms with Crippen molar-refractivity contribution in [2.45, 2.75) is 57.6 Å². The molecule has 2 radical (unpaired) electrons. The molecule has 3 unspecified atom stereocenters. The van der Waals surface area contributed by atoms with E-state index in [2.05, 4.69) is 21.8 Å². The smallest absolute Gasteiger partial charge is 0.410 e. The lowest BCUT2D eigenvalue weighted by molar-refractivity contribution is 0.00869. The van der Waals surface area contributed by atoms with Crippen LogP contribution in [0.1, 0.15) is 45.9 Å². The van der Waals surface area contributed by atoms with Gasteiger partial charge in [-0.05, 0) is 33.1 Å². The van der Waals surface area contributed by atoms with Crippen molar-refractivity contribution in [2.75, 3.05) is 31.6 Å². The molecular formula is C19H27BN4O4. The number of methoxy groups -OCH3 is 1. The Morgan fingerprint density at radius 1 is 1.39 bits per heavy atom. The van der Waals surface area contributed by atoms with E-state index in [-0.39, 0.29) is 24.0 Å². The molecule has 3 heterocycles. The van der Waals surface area contributed by atoms with E-state index in [1.807, 2.05) is 25.7 Å². The van der Waals surface area contributed by atoms with Gasteiger partial charge in [0.2, 0.25) is 0 Å². The van der Waals surface area contributed by atoms with Crippen molar-refractivity contribution >= 4 is 25.4 Å². The van der Waals surface area contributed by atoms with Crippen LogP contribution in [0.5, 0.6) is 0 Å². The molecule has 3 fully saturated rings. The fraction of sp³-hybridized carbons (Fsp3) is 0.737. The van der Waals surface area contributed by atoms with E-state index in [9.17, 15) is 4.79 Å². The number of epoxide rings is 1. The van der Waals surface area contributed by atoms with Gasteiger partial charge in [0.25, 0.3) is 0 Å². The monoisotopic (exact) mass is 386 g/mol. The van der Waals surface area contributed by atoms with Gasteiger partial charge >= 0.3 is 6.09 Å². The zero-order chi connectivity index (χ0) is 20.3. The normalized spacial score (nSPS) is 31.8. The Morgan fingerprint density at radius 2 is 2.11 bits per heavy atom. The highest BCUT2D eigenvalue weighted by atomic mass is 16.8. The van der Waals surface area contributed by atoms with E-state index >= 15 is 0 Å². The van der Waals surface area contributed by atoms with Crippen LogP contribution in [0.3, 0.4) is 0 Å². The SMILES string of the molecule is [B]c1nc(C2OC2OC)cnc1N1CCN(C(=O)OC(C)(C)C)[C@@]2(CC2C)C1. The molecule has 8 nitrogen and oxygen atoms in total. The first-order valence-corrected chi connectivity index (χ1v) is 9.71. The predicted molar refractivity (Wildman–Crippen MR) is 104 cm³/mol. The van der Waals surface area contributed by atoms with Crippen LogP contribution in [0.2, 0.25) is 0 Å². The zero-order valence-electron chi connectivity index (χ0n) is 17.1. The van der Waals surface area contributed by atoms with E-state index in [0.717, 1.165) is 6.42 Å².